The Morgan fingerprint density at radius 2 is 1.87 bits per heavy atom. The van der Waals surface area contributed by atoms with Crippen molar-refractivity contribution in [2.75, 3.05) is 19.8 Å². The van der Waals surface area contributed by atoms with E-state index in [2.05, 4.69) is 24.4 Å². The second-order valence-electron chi connectivity index (χ2n) is 5.33. The second kappa shape index (κ2) is 9.18. The predicted molar refractivity (Wildman–Crippen MR) is 91.9 cm³/mol. The molecule has 0 heterocycles. The number of nitrogens with one attached hydrogen (secondary N) is 1. The molecule has 2 aromatic rings. The quantitative estimate of drug-likeness (QED) is 0.698. The van der Waals surface area contributed by atoms with Gasteiger partial charge in [0.1, 0.15) is 6.61 Å². The molecule has 4 nitrogen and oxygen atoms in total. The first kappa shape index (κ1) is 17.3. The van der Waals surface area contributed by atoms with Gasteiger partial charge in [-0.1, -0.05) is 30.3 Å². The molecule has 0 spiro atoms. The van der Waals surface area contributed by atoms with Crippen LogP contribution in [0.2, 0.25) is 0 Å². The summed E-state index contributed by atoms with van der Waals surface area (Å²) < 4.78 is 11.7. The van der Waals surface area contributed by atoms with E-state index < -0.39 is 0 Å². The monoisotopic (exact) mass is 315 g/mol. The Morgan fingerprint density at radius 1 is 1.04 bits per heavy atom. The summed E-state index contributed by atoms with van der Waals surface area (Å²) in [6.45, 7) is 6.56. The molecule has 23 heavy (non-hydrogen) atoms. The number of hydrogen-bond acceptors (Lipinski definition) is 4. The molecule has 0 aliphatic carbocycles. The molecule has 4 heteroatoms. The van der Waals surface area contributed by atoms with Crippen molar-refractivity contribution < 1.29 is 14.6 Å². The van der Waals surface area contributed by atoms with Crippen molar-refractivity contribution in [3.63, 3.8) is 0 Å². The van der Waals surface area contributed by atoms with Crippen LogP contribution in [0.1, 0.15) is 23.6 Å². The molecule has 0 aliphatic heterocycles. The fraction of sp³-hybridized carbons (Fsp3) is 0.368. The normalized spacial score (nSPS) is 10.6. The van der Waals surface area contributed by atoms with Crippen LogP contribution in [-0.2, 0) is 13.2 Å². The van der Waals surface area contributed by atoms with Gasteiger partial charge in [-0.25, -0.2) is 0 Å². The molecule has 124 valence electrons. The highest BCUT2D eigenvalue weighted by atomic mass is 16.5. The van der Waals surface area contributed by atoms with Crippen molar-refractivity contribution in [2.24, 2.45) is 0 Å². The van der Waals surface area contributed by atoms with Crippen molar-refractivity contribution >= 4 is 0 Å². The number of aryl methyl sites for hydroxylation is 1. The van der Waals surface area contributed by atoms with Gasteiger partial charge in [0.05, 0.1) is 13.2 Å². The van der Waals surface area contributed by atoms with Gasteiger partial charge in [-0.05, 0) is 42.7 Å². The van der Waals surface area contributed by atoms with E-state index in [1.165, 1.54) is 11.1 Å². The second-order valence-corrected chi connectivity index (χ2v) is 5.33. The highest BCUT2D eigenvalue weighted by molar-refractivity contribution is 5.43. The first-order chi connectivity index (χ1) is 11.2. The van der Waals surface area contributed by atoms with Crippen LogP contribution in [0.5, 0.6) is 11.5 Å². The Kier molecular flexibility index (Phi) is 6.91. The third-order valence-corrected chi connectivity index (χ3v) is 3.57. The van der Waals surface area contributed by atoms with Crippen LogP contribution >= 0.6 is 0 Å². The first-order valence-electron chi connectivity index (χ1n) is 7.99. The van der Waals surface area contributed by atoms with Gasteiger partial charge in [0.25, 0.3) is 0 Å². The standard InChI is InChI=1S/C19H25NO3/c1-3-22-19-12-16(13-20-10-11-21)8-9-18(19)23-14-17-7-5-4-6-15(17)2/h4-9,12,20-21H,3,10-11,13-14H2,1-2H3. The van der Waals surface area contributed by atoms with Gasteiger partial charge in [0.2, 0.25) is 0 Å². The molecule has 0 bridgehead atoms. The van der Waals surface area contributed by atoms with E-state index in [9.17, 15) is 0 Å². The highest BCUT2D eigenvalue weighted by Gasteiger charge is 2.08. The molecule has 2 rings (SSSR count). The summed E-state index contributed by atoms with van der Waals surface area (Å²) in [6, 6.07) is 14.1. The zero-order chi connectivity index (χ0) is 16.5. The zero-order valence-corrected chi connectivity index (χ0v) is 13.8. The predicted octanol–water partition coefficient (Wildman–Crippen LogP) is 3.05. The summed E-state index contributed by atoms with van der Waals surface area (Å²) in [5.74, 6) is 1.50. The summed E-state index contributed by atoms with van der Waals surface area (Å²) in [5, 5.41) is 12.0. The Hall–Kier alpha value is -2.04. The molecular formula is C19H25NO3. The lowest BCUT2D eigenvalue weighted by Gasteiger charge is -2.14. The van der Waals surface area contributed by atoms with Crippen molar-refractivity contribution in [1.29, 1.82) is 0 Å². The summed E-state index contributed by atoms with van der Waals surface area (Å²) in [4.78, 5) is 0. The maximum absolute atomic E-state index is 8.82. The van der Waals surface area contributed by atoms with Gasteiger partial charge >= 0.3 is 0 Å². The van der Waals surface area contributed by atoms with Gasteiger partial charge in [-0.3, -0.25) is 0 Å². The minimum atomic E-state index is 0.135. The lowest BCUT2D eigenvalue weighted by Crippen LogP contribution is -2.17. The minimum absolute atomic E-state index is 0.135. The van der Waals surface area contributed by atoms with Crippen LogP contribution in [0.4, 0.5) is 0 Å². The summed E-state index contributed by atoms with van der Waals surface area (Å²) in [7, 11) is 0. The van der Waals surface area contributed by atoms with E-state index in [1.807, 2.05) is 37.3 Å². The van der Waals surface area contributed by atoms with Gasteiger partial charge in [0, 0.05) is 13.1 Å². The zero-order valence-electron chi connectivity index (χ0n) is 13.8. The van der Waals surface area contributed by atoms with E-state index in [-0.39, 0.29) is 6.61 Å². The summed E-state index contributed by atoms with van der Waals surface area (Å²) in [6.07, 6.45) is 0. The molecule has 0 aromatic heterocycles. The van der Waals surface area contributed by atoms with Crippen LogP contribution in [0.15, 0.2) is 42.5 Å². The van der Waals surface area contributed by atoms with E-state index in [0.717, 1.165) is 17.1 Å². The number of benzene rings is 2. The molecule has 0 saturated carbocycles. The minimum Gasteiger partial charge on any atom is -0.490 e. The van der Waals surface area contributed by atoms with E-state index in [1.54, 1.807) is 0 Å². The maximum atomic E-state index is 8.82. The number of aliphatic hydroxyl groups is 1. The third-order valence-electron chi connectivity index (χ3n) is 3.57. The molecule has 0 atom stereocenters. The van der Waals surface area contributed by atoms with Crippen molar-refractivity contribution in [1.82, 2.24) is 5.32 Å². The van der Waals surface area contributed by atoms with E-state index >= 15 is 0 Å². The van der Waals surface area contributed by atoms with E-state index in [0.29, 0.717) is 26.3 Å². The van der Waals surface area contributed by atoms with Crippen LogP contribution in [-0.4, -0.2) is 24.9 Å². The van der Waals surface area contributed by atoms with Crippen LogP contribution in [0.3, 0.4) is 0 Å². The SMILES string of the molecule is CCOc1cc(CNCCO)ccc1OCc1ccccc1C. The number of ether oxygens (including phenoxy) is 2. The molecule has 0 aliphatic rings. The number of rotatable bonds is 9. The van der Waals surface area contributed by atoms with Gasteiger partial charge in [0.15, 0.2) is 11.5 Å². The van der Waals surface area contributed by atoms with Gasteiger partial charge in [-0.15, -0.1) is 0 Å². The number of aliphatic hydroxyl groups excluding tert-OH is 1. The molecule has 0 saturated heterocycles. The van der Waals surface area contributed by atoms with Crippen molar-refractivity contribution in [3.8, 4) is 11.5 Å². The Bertz CT molecular complexity index is 613. The Labute approximate surface area is 138 Å². The molecule has 2 N–H and O–H groups in total. The number of hydrogen-bond donors (Lipinski definition) is 2. The molecular weight excluding hydrogens is 290 g/mol. The van der Waals surface area contributed by atoms with Crippen LogP contribution in [0.25, 0.3) is 0 Å². The van der Waals surface area contributed by atoms with Gasteiger partial charge in [-0.2, -0.15) is 0 Å². The Morgan fingerprint density at radius 3 is 2.61 bits per heavy atom. The summed E-state index contributed by atoms with van der Waals surface area (Å²) in [5.41, 5.74) is 3.49. The molecule has 0 radical (unpaired) electrons. The van der Waals surface area contributed by atoms with Crippen LogP contribution in [0, 0.1) is 6.92 Å². The maximum Gasteiger partial charge on any atom is 0.161 e. The first-order valence-corrected chi connectivity index (χ1v) is 7.99. The summed E-state index contributed by atoms with van der Waals surface area (Å²) >= 11 is 0. The molecule has 0 amide bonds. The average molecular weight is 315 g/mol. The molecule has 0 fully saturated rings. The fourth-order valence-corrected chi connectivity index (χ4v) is 2.29. The Balaban J connectivity index is 2.06. The lowest BCUT2D eigenvalue weighted by molar-refractivity contribution is 0.268. The van der Waals surface area contributed by atoms with Crippen LogP contribution < -0.4 is 14.8 Å². The lowest BCUT2D eigenvalue weighted by atomic mass is 10.1. The van der Waals surface area contributed by atoms with E-state index in [4.69, 9.17) is 14.6 Å². The van der Waals surface area contributed by atoms with Crippen molar-refractivity contribution in [2.45, 2.75) is 27.0 Å². The van der Waals surface area contributed by atoms with Crippen molar-refractivity contribution in [3.05, 3.63) is 59.2 Å². The highest BCUT2D eigenvalue weighted by Crippen LogP contribution is 2.29. The average Bonchev–Trinajstić information content (AvgIpc) is 2.56. The smallest absolute Gasteiger partial charge is 0.161 e. The fourth-order valence-electron chi connectivity index (χ4n) is 2.29. The molecule has 0 unspecified atom stereocenters. The van der Waals surface area contributed by atoms with Gasteiger partial charge < -0.3 is 19.9 Å². The molecule has 2 aromatic carbocycles. The topological polar surface area (TPSA) is 50.7 Å². The third kappa shape index (κ3) is 5.27. The largest absolute Gasteiger partial charge is 0.490 e.